The highest BCUT2D eigenvalue weighted by Gasteiger charge is 2.14. The Hall–Kier alpha value is -2.68. The van der Waals surface area contributed by atoms with Crippen LogP contribution in [0.4, 0.5) is 5.69 Å². The third-order valence-electron chi connectivity index (χ3n) is 2.01. The number of carbonyl (C=O) groups is 1. The second-order valence-electron chi connectivity index (χ2n) is 2.97. The second-order valence-corrected chi connectivity index (χ2v) is 2.97. The molecule has 1 aromatic carbocycles. The number of aromatic nitrogens is 2. The molecule has 0 aliphatic rings. The first-order valence-corrected chi connectivity index (χ1v) is 4.29. The van der Waals surface area contributed by atoms with Gasteiger partial charge in [0.15, 0.2) is 6.29 Å². The van der Waals surface area contributed by atoms with Crippen LogP contribution in [0.2, 0.25) is 0 Å². The van der Waals surface area contributed by atoms with E-state index in [-0.39, 0.29) is 5.69 Å². The molecule has 0 aliphatic carbocycles. The number of aldehydes is 1. The lowest BCUT2D eigenvalue weighted by Crippen LogP contribution is -1.90. The summed E-state index contributed by atoms with van der Waals surface area (Å²) in [5, 5.41) is 17.5. The van der Waals surface area contributed by atoms with Crippen molar-refractivity contribution in [3.63, 3.8) is 0 Å². The number of hydrogen-bond acceptors (Lipinski definition) is 4. The molecule has 0 aliphatic heterocycles. The average Bonchev–Trinajstić information content (AvgIpc) is 2.72. The number of rotatable bonds is 1. The summed E-state index contributed by atoms with van der Waals surface area (Å²) in [4.78, 5) is 20.4. The fraction of sp³-hybridized carbons (Fsp3) is 0. The van der Waals surface area contributed by atoms with Crippen molar-refractivity contribution >= 4 is 22.9 Å². The number of aromatic amines is 1. The summed E-state index contributed by atoms with van der Waals surface area (Å²) in [7, 11) is 0. The third kappa shape index (κ3) is 1.62. The van der Waals surface area contributed by atoms with Gasteiger partial charge in [-0.2, -0.15) is 5.10 Å². The second kappa shape index (κ2) is 3.82. The Morgan fingerprint density at radius 3 is 3.00 bits per heavy atom. The highest BCUT2D eigenvalue weighted by molar-refractivity contribution is 5.89. The molecule has 6 heteroatoms. The van der Waals surface area contributed by atoms with E-state index in [1.54, 1.807) is 6.07 Å². The molecule has 78 valence electrons. The van der Waals surface area contributed by atoms with Gasteiger partial charge < -0.3 is 0 Å². The number of hydrogen-bond donors (Lipinski definition) is 1. The number of non-ortho nitro benzene ring substituents is 1. The van der Waals surface area contributed by atoms with Crippen molar-refractivity contribution in [1.29, 1.82) is 0 Å². The first-order valence-electron chi connectivity index (χ1n) is 4.29. The van der Waals surface area contributed by atoms with Gasteiger partial charge in [0, 0.05) is 11.6 Å². The standard InChI is InChI=1S/C10H5N3O3/c14-3-1-2-7-4-9-8(6-11-12-9)10(5-7)13(15)16/h3-6H,(H,11,12). The van der Waals surface area contributed by atoms with E-state index in [1.807, 2.05) is 0 Å². The van der Waals surface area contributed by atoms with Crippen LogP contribution in [0.3, 0.4) is 0 Å². The summed E-state index contributed by atoms with van der Waals surface area (Å²) < 4.78 is 0. The number of nitro benzene ring substituents is 1. The molecule has 1 aromatic heterocycles. The first-order chi connectivity index (χ1) is 7.72. The molecule has 0 saturated heterocycles. The van der Waals surface area contributed by atoms with Gasteiger partial charge in [0.05, 0.1) is 22.0 Å². The van der Waals surface area contributed by atoms with Gasteiger partial charge in [0.25, 0.3) is 5.69 Å². The molecule has 1 N–H and O–H groups in total. The van der Waals surface area contributed by atoms with E-state index in [4.69, 9.17) is 0 Å². The normalized spacial score (nSPS) is 9.50. The van der Waals surface area contributed by atoms with Crippen molar-refractivity contribution in [3.05, 3.63) is 34.0 Å². The fourth-order valence-electron chi connectivity index (χ4n) is 1.37. The molecule has 2 aromatic rings. The predicted octanol–water partition coefficient (Wildman–Crippen LogP) is 1.02. The number of carbonyl (C=O) groups excluding carboxylic acids is 1. The molecule has 0 saturated carbocycles. The number of nitrogens with one attached hydrogen (secondary N) is 1. The third-order valence-corrected chi connectivity index (χ3v) is 2.01. The maximum Gasteiger partial charge on any atom is 0.281 e. The molecular weight excluding hydrogens is 210 g/mol. The van der Waals surface area contributed by atoms with Crippen molar-refractivity contribution in [3.8, 4) is 11.8 Å². The Kier molecular flexibility index (Phi) is 2.36. The van der Waals surface area contributed by atoms with E-state index in [2.05, 4.69) is 22.0 Å². The summed E-state index contributed by atoms with van der Waals surface area (Å²) in [6.07, 6.45) is 1.81. The van der Waals surface area contributed by atoms with Gasteiger partial charge in [-0.05, 0) is 12.0 Å². The Labute approximate surface area is 89.4 Å². The number of nitro groups is 1. The Balaban J connectivity index is 2.70. The molecular formula is C10H5N3O3. The van der Waals surface area contributed by atoms with E-state index in [9.17, 15) is 14.9 Å². The Morgan fingerprint density at radius 1 is 1.50 bits per heavy atom. The summed E-state index contributed by atoms with van der Waals surface area (Å²) in [6, 6.07) is 2.92. The smallest absolute Gasteiger partial charge is 0.281 e. The van der Waals surface area contributed by atoms with Crippen LogP contribution in [0, 0.1) is 22.0 Å². The lowest BCUT2D eigenvalue weighted by Gasteiger charge is -1.94. The summed E-state index contributed by atoms with van der Waals surface area (Å²) in [5.41, 5.74) is 0.835. The van der Waals surface area contributed by atoms with Crippen LogP contribution >= 0.6 is 0 Å². The van der Waals surface area contributed by atoms with Crippen LogP contribution in [-0.4, -0.2) is 21.4 Å². The molecule has 0 atom stereocenters. The van der Waals surface area contributed by atoms with Crippen LogP contribution < -0.4 is 0 Å². The average molecular weight is 215 g/mol. The zero-order chi connectivity index (χ0) is 11.5. The lowest BCUT2D eigenvalue weighted by molar-refractivity contribution is -0.383. The lowest BCUT2D eigenvalue weighted by atomic mass is 10.1. The van der Waals surface area contributed by atoms with Gasteiger partial charge in [-0.15, -0.1) is 0 Å². The Morgan fingerprint density at radius 2 is 2.31 bits per heavy atom. The zero-order valence-corrected chi connectivity index (χ0v) is 7.93. The summed E-state index contributed by atoms with van der Waals surface area (Å²) >= 11 is 0. The number of fused-ring (bicyclic) bond motifs is 1. The summed E-state index contributed by atoms with van der Waals surface area (Å²) in [5.74, 6) is 4.70. The minimum absolute atomic E-state index is 0.0820. The maximum atomic E-state index is 10.8. The van der Waals surface area contributed by atoms with E-state index < -0.39 is 4.92 Å². The van der Waals surface area contributed by atoms with Crippen LogP contribution in [0.1, 0.15) is 5.56 Å². The molecule has 0 spiro atoms. The fourth-order valence-corrected chi connectivity index (χ4v) is 1.37. The van der Waals surface area contributed by atoms with Crippen LogP contribution in [0.5, 0.6) is 0 Å². The molecule has 16 heavy (non-hydrogen) atoms. The molecule has 0 fully saturated rings. The number of benzene rings is 1. The molecule has 1 heterocycles. The molecule has 0 amide bonds. The number of nitrogens with zero attached hydrogens (tertiary/aromatic N) is 2. The molecule has 2 rings (SSSR count). The van der Waals surface area contributed by atoms with Gasteiger partial charge in [0.2, 0.25) is 0 Å². The van der Waals surface area contributed by atoms with E-state index >= 15 is 0 Å². The van der Waals surface area contributed by atoms with Crippen LogP contribution in [-0.2, 0) is 4.79 Å². The van der Waals surface area contributed by atoms with Crippen molar-refractivity contribution in [2.75, 3.05) is 0 Å². The maximum absolute atomic E-state index is 10.8. The molecule has 0 bridgehead atoms. The van der Waals surface area contributed by atoms with Crippen molar-refractivity contribution in [2.45, 2.75) is 0 Å². The highest BCUT2D eigenvalue weighted by atomic mass is 16.6. The minimum atomic E-state index is -0.510. The van der Waals surface area contributed by atoms with Gasteiger partial charge in [-0.1, -0.05) is 5.92 Å². The largest absolute Gasteiger partial charge is 0.289 e. The highest BCUT2D eigenvalue weighted by Crippen LogP contribution is 2.25. The van der Waals surface area contributed by atoms with Crippen LogP contribution in [0.15, 0.2) is 18.3 Å². The monoisotopic (exact) mass is 215 g/mol. The van der Waals surface area contributed by atoms with Crippen molar-refractivity contribution in [2.24, 2.45) is 0 Å². The van der Waals surface area contributed by atoms with Crippen LogP contribution in [0.25, 0.3) is 10.9 Å². The van der Waals surface area contributed by atoms with Crippen molar-refractivity contribution < 1.29 is 9.72 Å². The van der Waals surface area contributed by atoms with E-state index in [0.29, 0.717) is 22.8 Å². The van der Waals surface area contributed by atoms with Gasteiger partial charge in [-0.25, -0.2) is 0 Å². The van der Waals surface area contributed by atoms with Gasteiger partial charge in [-0.3, -0.25) is 20.0 Å². The van der Waals surface area contributed by atoms with Gasteiger partial charge >= 0.3 is 0 Å². The Bertz CT molecular complexity index is 634. The van der Waals surface area contributed by atoms with E-state index in [1.165, 1.54) is 12.3 Å². The quantitative estimate of drug-likeness (QED) is 0.333. The molecule has 6 nitrogen and oxygen atoms in total. The zero-order valence-electron chi connectivity index (χ0n) is 7.93. The van der Waals surface area contributed by atoms with E-state index in [0.717, 1.165) is 0 Å². The topological polar surface area (TPSA) is 88.9 Å². The first kappa shape index (κ1) is 9.86. The molecule has 0 unspecified atom stereocenters. The SMILES string of the molecule is O=CC#Cc1cc([N+](=O)[O-])c2cn[nH]c2c1. The number of H-pyrrole nitrogens is 1. The predicted molar refractivity (Wildman–Crippen MR) is 55.7 cm³/mol. The molecule has 0 radical (unpaired) electrons. The minimum Gasteiger partial charge on any atom is -0.289 e. The van der Waals surface area contributed by atoms with Gasteiger partial charge in [0.1, 0.15) is 0 Å². The summed E-state index contributed by atoms with van der Waals surface area (Å²) in [6.45, 7) is 0. The van der Waals surface area contributed by atoms with Crippen molar-refractivity contribution in [1.82, 2.24) is 10.2 Å².